The van der Waals surface area contributed by atoms with Crippen molar-refractivity contribution in [1.82, 2.24) is 14.5 Å². The highest BCUT2D eigenvalue weighted by molar-refractivity contribution is 5.77. The van der Waals surface area contributed by atoms with Crippen molar-refractivity contribution in [1.29, 1.82) is 0 Å². The molecule has 1 aromatic rings. The fourth-order valence-electron chi connectivity index (χ4n) is 0.868. The van der Waals surface area contributed by atoms with Crippen molar-refractivity contribution in [3.05, 3.63) is 18.2 Å². The van der Waals surface area contributed by atoms with E-state index < -0.39 is 0 Å². The number of aromatic nitrogens is 2. The molecule has 0 aliphatic heterocycles. The van der Waals surface area contributed by atoms with Gasteiger partial charge >= 0.3 is 0 Å². The van der Waals surface area contributed by atoms with Crippen molar-refractivity contribution in [3.63, 3.8) is 0 Å². The monoisotopic (exact) mass is 167 g/mol. The van der Waals surface area contributed by atoms with Crippen LogP contribution in [0.15, 0.2) is 12.5 Å². The van der Waals surface area contributed by atoms with Gasteiger partial charge in [-0.15, -0.1) is 0 Å². The van der Waals surface area contributed by atoms with Gasteiger partial charge in [0.05, 0.1) is 12.7 Å². The zero-order chi connectivity index (χ0) is 9.14. The summed E-state index contributed by atoms with van der Waals surface area (Å²) in [5, 5.41) is 0. The van der Waals surface area contributed by atoms with Gasteiger partial charge in [0, 0.05) is 33.0 Å². The van der Waals surface area contributed by atoms with E-state index in [0.717, 1.165) is 5.69 Å². The lowest BCUT2D eigenvalue weighted by molar-refractivity contribution is -0.128. The summed E-state index contributed by atoms with van der Waals surface area (Å²) >= 11 is 0. The van der Waals surface area contributed by atoms with Crippen LogP contribution in [0.25, 0.3) is 0 Å². The molecule has 0 aliphatic carbocycles. The van der Waals surface area contributed by atoms with Crippen LogP contribution in [0, 0.1) is 0 Å². The summed E-state index contributed by atoms with van der Waals surface area (Å²) in [6.45, 7) is 0. The van der Waals surface area contributed by atoms with E-state index in [1.54, 1.807) is 31.5 Å². The topological polar surface area (TPSA) is 38.1 Å². The van der Waals surface area contributed by atoms with Crippen LogP contribution in [-0.2, 0) is 18.3 Å². The van der Waals surface area contributed by atoms with Crippen molar-refractivity contribution in [3.8, 4) is 0 Å². The minimum Gasteiger partial charge on any atom is -0.348 e. The van der Waals surface area contributed by atoms with Gasteiger partial charge in [0.15, 0.2) is 0 Å². The van der Waals surface area contributed by atoms with Crippen molar-refractivity contribution in [2.45, 2.75) is 6.42 Å². The molecule has 12 heavy (non-hydrogen) atoms. The summed E-state index contributed by atoms with van der Waals surface area (Å²) in [5.41, 5.74) is 0.939. The molecule has 0 radical (unpaired) electrons. The number of carbonyl (C=O) groups excluding carboxylic acids is 1. The van der Waals surface area contributed by atoms with E-state index in [-0.39, 0.29) is 5.91 Å². The van der Waals surface area contributed by atoms with Crippen LogP contribution in [0.4, 0.5) is 0 Å². The highest BCUT2D eigenvalue weighted by Gasteiger charge is 2.07. The smallest absolute Gasteiger partial charge is 0.228 e. The minimum atomic E-state index is 0.0959. The van der Waals surface area contributed by atoms with Gasteiger partial charge < -0.3 is 9.47 Å². The van der Waals surface area contributed by atoms with Gasteiger partial charge in [-0.2, -0.15) is 0 Å². The van der Waals surface area contributed by atoms with E-state index in [9.17, 15) is 4.79 Å². The van der Waals surface area contributed by atoms with Crippen LogP contribution in [0.2, 0.25) is 0 Å². The van der Waals surface area contributed by atoms with Crippen LogP contribution >= 0.6 is 0 Å². The predicted molar refractivity (Wildman–Crippen MR) is 45.6 cm³/mol. The van der Waals surface area contributed by atoms with Gasteiger partial charge in [-0.3, -0.25) is 4.79 Å². The number of imidazole rings is 1. The molecule has 4 heteroatoms. The predicted octanol–water partition coefficient (Wildman–Crippen LogP) is 0.0508. The van der Waals surface area contributed by atoms with Crippen molar-refractivity contribution in [2.75, 3.05) is 14.1 Å². The molecular weight excluding hydrogens is 154 g/mol. The maximum absolute atomic E-state index is 11.2. The fourth-order valence-corrected chi connectivity index (χ4v) is 0.868. The van der Waals surface area contributed by atoms with E-state index >= 15 is 0 Å². The van der Waals surface area contributed by atoms with E-state index in [4.69, 9.17) is 0 Å². The number of carbonyl (C=O) groups is 1. The molecular formula is C8H13N3O. The molecule has 0 aliphatic rings. The van der Waals surface area contributed by atoms with Crippen LogP contribution in [0.5, 0.6) is 0 Å². The minimum absolute atomic E-state index is 0.0959. The van der Waals surface area contributed by atoms with Crippen LogP contribution in [0.3, 0.4) is 0 Å². The maximum Gasteiger partial charge on any atom is 0.228 e. The van der Waals surface area contributed by atoms with Gasteiger partial charge in [-0.05, 0) is 0 Å². The van der Waals surface area contributed by atoms with E-state index in [1.807, 2.05) is 11.6 Å². The average Bonchev–Trinajstić information content (AvgIpc) is 2.36. The average molecular weight is 167 g/mol. The van der Waals surface area contributed by atoms with Gasteiger partial charge in [0.2, 0.25) is 5.91 Å². The molecule has 1 aromatic heterocycles. The summed E-state index contributed by atoms with van der Waals surface area (Å²) in [6.07, 6.45) is 3.82. The summed E-state index contributed by atoms with van der Waals surface area (Å²) in [5.74, 6) is 0.0959. The largest absolute Gasteiger partial charge is 0.348 e. The molecule has 0 N–H and O–H groups in total. The molecule has 1 amide bonds. The summed E-state index contributed by atoms with van der Waals surface area (Å²) in [6, 6.07) is 0. The number of aryl methyl sites for hydroxylation is 1. The molecule has 0 saturated carbocycles. The lowest BCUT2D eigenvalue weighted by Crippen LogP contribution is -2.24. The zero-order valence-corrected chi connectivity index (χ0v) is 7.61. The molecule has 4 nitrogen and oxygen atoms in total. The number of amides is 1. The number of likely N-dealkylation sites (N-methyl/N-ethyl adjacent to an activating group) is 1. The molecule has 0 saturated heterocycles. The van der Waals surface area contributed by atoms with E-state index in [1.165, 1.54) is 0 Å². The second-order valence-electron chi connectivity index (χ2n) is 2.96. The lowest BCUT2D eigenvalue weighted by atomic mass is 10.3. The first-order chi connectivity index (χ1) is 5.61. The SMILES string of the molecule is CN(C)C(=O)Cc1cncn1C. The Morgan fingerprint density at radius 1 is 1.67 bits per heavy atom. The number of hydrogen-bond donors (Lipinski definition) is 0. The Morgan fingerprint density at radius 2 is 2.33 bits per heavy atom. The first-order valence-electron chi connectivity index (χ1n) is 3.76. The Hall–Kier alpha value is -1.32. The normalized spacial score (nSPS) is 9.92. The second kappa shape index (κ2) is 3.38. The molecule has 0 unspecified atom stereocenters. The molecule has 66 valence electrons. The zero-order valence-electron chi connectivity index (χ0n) is 7.61. The summed E-state index contributed by atoms with van der Waals surface area (Å²) in [4.78, 5) is 16.7. The maximum atomic E-state index is 11.2. The lowest BCUT2D eigenvalue weighted by Gasteiger charge is -2.09. The van der Waals surface area contributed by atoms with Crippen molar-refractivity contribution >= 4 is 5.91 Å². The molecule has 0 spiro atoms. The first kappa shape index (κ1) is 8.77. The van der Waals surface area contributed by atoms with E-state index in [2.05, 4.69) is 4.98 Å². The Morgan fingerprint density at radius 3 is 2.75 bits per heavy atom. The van der Waals surface area contributed by atoms with Gasteiger partial charge in [0.1, 0.15) is 0 Å². The molecule has 1 heterocycles. The Bertz CT molecular complexity index is 278. The van der Waals surface area contributed by atoms with Gasteiger partial charge in [-0.25, -0.2) is 4.98 Å². The van der Waals surface area contributed by atoms with E-state index in [0.29, 0.717) is 6.42 Å². The summed E-state index contributed by atoms with van der Waals surface area (Å²) < 4.78 is 1.85. The Balaban J connectivity index is 2.64. The highest BCUT2D eigenvalue weighted by Crippen LogP contribution is 1.98. The molecule has 0 atom stereocenters. The molecule has 0 aromatic carbocycles. The first-order valence-corrected chi connectivity index (χ1v) is 3.76. The molecule has 0 bridgehead atoms. The van der Waals surface area contributed by atoms with Gasteiger partial charge in [0.25, 0.3) is 0 Å². The fraction of sp³-hybridized carbons (Fsp3) is 0.500. The van der Waals surface area contributed by atoms with Gasteiger partial charge in [-0.1, -0.05) is 0 Å². The third-order valence-corrected chi connectivity index (χ3v) is 1.75. The molecule has 1 rings (SSSR count). The molecule has 0 fully saturated rings. The van der Waals surface area contributed by atoms with Crippen LogP contribution in [0.1, 0.15) is 5.69 Å². The summed E-state index contributed by atoms with van der Waals surface area (Å²) in [7, 11) is 5.38. The Labute approximate surface area is 71.8 Å². The Kier molecular flexibility index (Phi) is 2.47. The van der Waals surface area contributed by atoms with Crippen molar-refractivity contribution in [2.24, 2.45) is 7.05 Å². The van der Waals surface area contributed by atoms with Crippen LogP contribution in [-0.4, -0.2) is 34.5 Å². The number of hydrogen-bond acceptors (Lipinski definition) is 2. The second-order valence-corrected chi connectivity index (χ2v) is 2.96. The standard InChI is InChI=1S/C8H13N3O/c1-10(2)8(12)4-7-5-9-6-11(7)3/h5-6H,4H2,1-3H3. The number of nitrogens with zero attached hydrogens (tertiary/aromatic N) is 3. The quantitative estimate of drug-likeness (QED) is 0.624. The number of rotatable bonds is 2. The van der Waals surface area contributed by atoms with Crippen LogP contribution < -0.4 is 0 Å². The van der Waals surface area contributed by atoms with Crippen molar-refractivity contribution < 1.29 is 4.79 Å². The highest BCUT2D eigenvalue weighted by atomic mass is 16.2. The third kappa shape index (κ3) is 1.84. The third-order valence-electron chi connectivity index (χ3n) is 1.75.